The highest BCUT2D eigenvalue weighted by atomic mass is 35.5. The highest BCUT2D eigenvalue weighted by Crippen LogP contribution is 2.36. The number of rotatable bonds is 1. The number of pyridine rings is 1. The average molecular weight is 329 g/mol. The monoisotopic (exact) mass is 327 g/mol. The molecule has 0 unspecified atom stereocenters. The molecule has 102 valence electrons. The van der Waals surface area contributed by atoms with E-state index in [-0.39, 0.29) is 10.9 Å². The fraction of sp³-hybridized carbons (Fsp3) is 0.0769. The molecule has 20 heavy (non-hydrogen) atoms. The average Bonchev–Trinajstić information content (AvgIpc) is 2.72. The van der Waals surface area contributed by atoms with Crippen LogP contribution in [0.1, 0.15) is 5.82 Å². The van der Waals surface area contributed by atoms with Crippen LogP contribution in [0.4, 0.5) is 0 Å². The normalized spacial score (nSPS) is 11.2. The van der Waals surface area contributed by atoms with Crippen molar-refractivity contribution < 1.29 is 5.11 Å². The van der Waals surface area contributed by atoms with Crippen molar-refractivity contribution in [1.82, 2.24) is 14.5 Å². The highest BCUT2D eigenvalue weighted by molar-refractivity contribution is 6.48. The van der Waals surface area contributed by atoms with Crippen LogP contribution in [0.3, 0.4) is 0 Å². The summed E-state index contributed by atoms with van der Waals surface area (Å²) < 4.78 is 1.72. The topological polar surface area (TPSA) is 50.9 Å². The van der Waals surface area contributed by atoms with Crippen LogP contribution in [0.5, 0.6) is 5.88 Å². The summed E-state index contributed by atoms with van der Waals surface area (Å²) >= 11 is 18.2. The Kier molecular flexibility index (Phi) is 3.24. The van der Waals surface area contributed by atoms with Gasteiger partial charge in [0, 0.05) is 6.07 Å². The molecule has 0 radical (unpaired) electrons. The van der Waals surface area contributed by atoms with Gasteiger partial charge in [0.25, 0.3) is 0 Å². The number of benzene rings is 1. The molecule has 0 bridgehead atoms. The van der Waals surface area contributed by atoms with Crippen molar-refractivity contribution in [1.29, 1.82) is 0 Å². The molecule has 3 rings (SSSR count). The fourth-order valence-corrected chi connectivity index (χ4v) is 2.65. The first kappa shape index (κ1) is 13.5. The Morgan fingerprint density at radius 3 is 2.50 bits per heavy atom. The van der Waals surface area contributed by atoms with Crippen LogP contribution in [0, 0.1) is 6.92 Å². The molecule has 0 aliphatic heterocycles. The lowest BCUT2D eigenvalue weighted by Crippen LogP contribution is -1.99. The third-order valence-corrected chi connectivity index (χ3v) is 4.20. The third kappa shape index (κ3) is 2.00. The lowest BCUT2D eigenvalue weighted by molar-refractivity contribution is 0.455. The summed E-state index contributed by atoms with van der Waals surface area (Å²) in [6, 6.07) is 6.55. The van der Waals surface area contributed by atoms with Crippen LogP contribution in [0.25, 0.3) is 16.9 Å². The van der Waals surface area contributed by atoms with Gasteiger partial charge in [-0.05, 0) is 25.1 Å². The van der Waals surface area contributed by atoms with E-state index >= 15 is 0 Å². The number of hydrogen-bond acceptors (Lipinski definition) is 3. The number of nitrogens with zero attached hydrogens (tertiary/aromatic N) is 3. The molecule has 0 spiro atoms. The maximum absolute atomic E-state index is 9.55. The van der Waals surface area contributed by atoms with E-state index in [0.29, 0.717) is 32.7 Å². The first-order valence-electron chi connectivity index (χ1n) is 5.68. The molecule has 7 heteroatoms. The van der Waals surface area contributed by atoms with Gasteiger partial charge >= 0.3 is 0 Å². The Bertz CT molecular complexity index is 829. The number of fused-ring (bicyclic) bond motifs is 1. The predicted molar refractivity (Wildman–Crippen MR) is 80.3 cm³/mol. The number of aromatic nitrogens is 3. The van der Waals surface area contributed by atoms with Crippen LogP contribution in [-0.4, -0.2) is 19.6 Å². The maximum Gasteiger partial charge on any atom is 0.212 e. The molecular formula is C13H8Cl3N3O. The zero-order valence-corrected chi connectivity index (χ0v) is 12.5. The van der Waals surface area contributed by atoms with Gasteiger partial charge < -0.3 is 5.11 Å². The number of imidazole rings is 1. The Balaban J connectivity index is 2.37. The Labute approximate surface area is 129 Å². The largest absolute Gasteiger partial charge is 0.493 e. The van der Waals surface area contributed by atoms with E-state index in [1.54, 1.807) is 22.8 Å². The predicted octanol–water partition coefficient (Wildman–Crippen LogP) is 4.39. The lowest BCUT2D eigenvalue weighted by Gasteiger charge is -2.10. The van der Waals surface area contributed by atoms with Gasteiger partial charge in [-0.3, -0.25) is 4.57 Å². The van der Waals surface area contributed by atoms with Gasteiger partial charge in [-0.1, -0.05) is 34.8 Å². The number of aryl methyl sites for hydroxylation is 1. The van der Waals surface area contributed by atoms with Crippen LogP contribution in [-0.2, 0) is 0 Å². The molecule has 1 aromatic carbocycles. The van der Waals surface area contributed by atoms with E-state index in [1.165, 1.54) is 6.07 Å². The lowest BCUT2D eigenvalue weighted by atomic mass is 10.3. The van der Waals surface area contributed by atoms with Crippen LogP contribution in [0.2, 0.25) is 15.1 Å². The molecule has 2 heterocycles. The van der Waals surface area contributed by atoms with Gasteiger partial charge in [0.1, 0.15) is 11.3 Å². The van der Waals surface area contributed by atoms with Gasteiger partial charge in [-0.15, -0.1) is 0 Å². The summed E-state index contributed by atoms with van der Waals surface area (Å²) in [4.78, 5) is 8.47. The Morgan fingerprint density at radius 2 is 1.75 bits per heavy atom. The van der Waals surface area contributed by atoms with Gasteiger partial charge in [0.15, 0.2) is 5.65 Å². The number of hydrogen-bond donors (Lipinski definition) is 1. The van der Waals surface area contributed by atoms with Crippen molar-refractivity contribution in [3.8, 4) is 11.6 Å². The van der Waals surface area contributed by atoms with E-state index in [9.17, 15) is 5.11 Å². The number of aromatic hydroxyl groups is 1. The van der Waals surface area contributed by atoms with E-state index < -0.39 is 0 Å². The van der Waals surface area contributed by atoms with Gasteiger partial charge in [0.05, 0.1) is 20.8 Å². The maximum atomic E-state index is 9.55. The zero-order chi connectivity index (χ0) is 14.4. The summed E-state index contributed by atoms with van der Waals surface area (Å²) in [5.74, 6) is 0.591. The molecular weight excluding hydrogens is 321 g/mol. The van der Waals surface area contributed by atoms with Crippen molar-refractivity contribution in [2.75, 3.05) is 0 Å². The molecule has 0 aliphatic rings. The summed E-state index contributed by atoms with van der Waals surface area (Å²) in [6.45, 7) is 1.82. The van der Waals surface area contributed by atoms with E-state index in [1.807, 2.05) is 6.92 Å². The van der Waals surface area contributed by atoms with Gasteiger partial charge in [0.2, 0.25) is 5.88 Å². The molecule has 0 atom stereocenters. The van der Waals surface area contributed by atoms with Gasteiger partial charge in [-0.25, -0.2) is 4.98 Å². The third-order valence-electron chi connectivity index (χ3n) is 2.91. The highest BCUT2D eigenvalue weighted by Gasteiger charge is 2.16. The molecule has 0 saturated heterocycles. The Morgan fingerprint density at radius 1 is 1.00 bits per heavy atom. The zero-order valence-electron chi connectivity index (χ0n) is 10.2. The minimum absolute atomic E-state index is 0.0881. The van der Waals surface area contributed by atoms with Gasteiger partial charge in [-0.2, -0.15) is 4.98 Å². The fourth-order valence-electron chi connectivity index (χ4n) is 2.04. The molecule has 2 aromatic heterocycles. The van der Waals surface area contributed by atoms with Crippen molar-refractivity contribution >= 4 is 46.0 Å². The van der Waals surface area contributed by atoms with Crippen LogP contribution >= 0.6 is 34.8 Å². The first-order chi connectivity index (χ1) is 9.49. The van der Waals surface area contributed by atoms with Crippen molar-refractivity contribution in [2.45, 2.75) is 6.92 Å². The minimum Gasteiger partial charge on any atom is -0.493 e. The summed E-state index contributed by atoms with van der Waals surface area (Å²) in [5.41, 5.74) is 1.77. The summed E-state index contributed by atoms with van der Waals surface area (Å²) in [5, 5.41) is 10.5. The Hall–Kier alpha value is -1.49. The molecule has 1 N–H and O–H groups in total. The van der Waals surface area contributed by atoms with E-state index in [0.717, 1.165) is 0 Å². The summed E-state index contributed by atoms with van der Waals surface area (Å²) in [6.07, 6.45) is 0. The summed E-state index contributed by atoms with van der Waals surface area (Å²) in [7, 11) is 0. The first-order valence-corrected chi connectivity index (χ1v) is 6.81. The molecule has 0 saturated carbocycles. The molecule has 0 amide bonds. The van der Waals surface area contributed by atoms with Crippen molar-refractivity contribution in [2.24, 2.45) is 0 Å². The molecule has 4 nitrogen and oxygen atoms in total. The minimum atomic E-state index is -0.0881. The second-order valence-corrected chi connectivity index (χ2v) is 5.36. The second-order valence-electron chi connectivity index (χ2n) is 4.20. The molecule has 0 fully saturated rings. The van der Waals surface area contributed by atoms with Crippen LogP contribution in [0.15, 0.2) is 24.3 Å². The number of halogens is 3. The SMILES string of the molecule is Cc1nc2ccc(O)nc2n1-c1ccc(Cl)c(Cl)c1Cl. The quantitative estimate of drug-likeness (QED) is 0.674. The van der Waals surface area contributed by atoms with Crippen molar-refractivity contribution in [3.05, 3.63) is 45.2 Å². The molecule has 0 aliphatic carbocycles. The van der Waals surface area contributed by atoms with Crippen molar-refractivity contribution in [3.63, 3.8) is 0 Å². The smallest absolute Gasteiger partial charge is 0.212 e. The van der Waals surface area contributed by atoms with E-state index in [4.69, 9.17) is 34.8 Å². The second kappa shape index (κ2) is 4.81. The van der Waals surface area contributed by atoms with Crippen LogP contribution < -0.4 is 0 Å². The molecule has 3 aromatic rings. The van der Waals surface area contributed by atoms with E-state index in [2.05, 4.69) is 9.97 Å². The standard InChI is InChI=1S/C13H8Cl3N3O/c1-6-17-8-3-5-10(20)18-13(8)19(6)9-4-2-7(14)11(15)12(9)16/h2-5H,1H3,(H,18,20).